The number of para-hydroxylation sites is 1. The zero-order valence-corrected chi connectivity index (χ0v) is 15.3. The van der Waals surface area contributed by atoms with Gasteiger partial charge in [-0.3, -0.25) is 0 Å². The normalized spacial score (nSPS) is 22.6. The Morgan fingerprint density at radius 3 is 2.81 bits per heavy atom. The molecule has 1 aliphatic carbocycles. The Morgan fingerprint density at radius 1 is 1.15 bits per heavy atom. The molecule has 0 amide bonds. The summed E-state index contributed by atoms with van der Waals surface area (Å²) in [6.07, 6.45) is 4.77. The third-order valence-corrected chi connectivity index (χ3v) is 5.52. The zero-order valence-electron chi connectivity index (χ0n) is 15.3. The molecule has 0 bridgehead atoms. The number of ether oxygens (including phenoxy) is 1. The van der Waals surface area contributed by atoms with Gasteiger partial charge in [0, 0.05) is 29.3 Å². The van der Waals surface area contributed by atoms with Crippen LogP contribution in [0.1, 0.15) is 36.3 Å². The Labute approximate surface area is 158 Å². The molecule has 2 heterocycles. The molecule has 4 rings (SSSR count). The van der Waals surface area contributed by atoms with Crippen LogP contribution in [-0.4, -0.2) is 30.7 Å². The summed E-state index contributed by atoms with van der Waals surface area (Å²) in [4.78, 5) is 3.61. The molecule has 6 heteroatoms. The summed E-state index contributed by atoms with van der Waals surface area (Å²) in [7, 11) is 0. The molecule has 1 aromatic heterocycles. The standard InChI is InChI=1S/C21H25F2N3O/c22-18-5-1-4-16(20(18)27-13-15-3-2-8-25-21(15)23)17-11-19(17)26-12-14-6-9-24-10-7-14/h1-5,8,14,17,19,24,26H,6-7,9-13H2. The van der Waals surface area contributed by atoms with Gasteiger partial charge < -0.3 is 15.4 Å². The number of benzene rings is 1. The molecule has 27 heavy (non-hydrogen) atoms. The Bertz CT molecular complexity index is 780. The number of rotatable bonds is 7. The van der Waals surface area contributed by atoms with Gasteiger partial charge in [-0.15, -0.1) is 0 Å². The van der Waals surface area contributed by atoms with Crippen molar-refractivity contribution in [2.75, 3.05) is 19.6 Å². The predicted octanol–water partition coefficient (Wildman–Crippen LogP) is 3.38. The highest BCUT2D eigenvalue weighted by atomic mass is 19.1. The Kier molecular flexibility index (Phi) is 5.64. The molecule has 2 atom stereocenters. The van der Waals surface area contributed by atoms with E-state index in [0.29, 0.717) is 17.5 Å². The van der Waals surface area contributed by atoms with E-state index < -0.39 is 11.8 Å². The smallest absolute Gasteiger partial charge is 0.219 e. The molecule has 144 valence electrons. The lowest BCUT2D eigenvalue weighted by atomic mass is 9.98. The maximum Gasteiger partial charge on any atom is 0.219 e. The number of nitrogens with zero attached hydrogens (tertiary/aromatic N) is 1. The Balaban J connectivity index is 1.38. The van der Waals surface area contributed by atoms with Crippen LogP contribution in [0, 0.1) is 17.7 Å². The largest absolute Gasteiger partial charge is 0.485 e. The molecule has 2 N–H and O–H groups in total. The van der Waals surface area contributed by atoms with E-state index in [-0.39, 0.29) is 18.3 Å². The number of aromatic nitrogens is 1. The van der Waals surface area contributed by atoms with Gasteiger partial charge >= 0.3 is 0 Å². The van der Waals surface area contributed by atoms with Crippen molar-refractivity contribution >= 4 is 0 Å². The number of nitrogens with one attached hydrogen (secondary N) is 2. The van der Waals surface area contributed by atoms with Crippen molar-refractivity contribution in [1.82, 2.24) is 15.6 Å². The van der Waals surface area contributed by atoms with Gasteiger partial charge in [0.2, 0.25) is 5.95 Å². The average Bonchev–Trinajstić information content (AvgIpc) is 3.47. The van der Waals surface area contributed by atoms with Crippen molar-refractivity contribution in [1.29, 1.82) is 0 Å². The first-order valence-electron chi connectivity index (χ1n) is 9.67. The van der Waals surface area contributed by atoms with Crippen molar-refractivity contribution in [3.8, 4) is 5.75 Å². The molecule has 2 aromatic rings. The van der Waals surface area contributed by atoms with Crippen LogP contribution in [0.15, 0.2) is 36.5 Å². The number of hydrogen-bond donors (Lipinski definition) is 2. The summed E-state index contributed by atoms with van der Waals surface area (Å²) in [6, 6.07) is 8.62. The lowest BCUT2D eigenvalue weighted by molar-refractivity contribution is 0.279. The quantitative estimate of drug-likeness (QED) is 0.731. The minimum absolute atomic E-state index is 0.0342. The van der Waals surface area contributed by atoms with Crippen LogP contribution in [0.2, 0.25) is 0 Å². The molecule has 2 fully saturated rings. The molecule has 1 aliphatic heterocycles. The van der Waals surface area contributed by atoms with Crippen molar-refractivity contribution in [2.45, 2.75) is 37.8 Å². The third-order valence-electron chi connectivity index (χ3n) is 5.52. The molecule has 0 radical (unpaired) electrons. The lowest BCUT2D eigenvalue weighted by Crippen LogP contribution is -2.34. The lowest BCUT2D eigenvalue weighted by Gasteiger charge is -2.23. The molecule has 0 spiro atoms. The zero-order chi connectivity index (χ0) is 18.6. The second-order valence-corrected chi connectivity index (χ2v) is 7.45. The number of hydrogen-bond acceptors (Lipinski definition) is 4. The van der Waals surface area contributed by atoms with E-state index in [1.165, 1.54) is 25.1 Å². The van der Waals surface area contributed by atoms with E-state index >= 15 is 0 Å². The molecule has 1 aromatic carbocycles. The number of piperidine rings is 1. The molecule has 1 saturated heterocycles. The second kappa shape index (κ2) is 8.31. The Hall–Kier alpha value is -2.05. The monoisotopic (exact) mass is 373 g/mol. The van der Waals surface area contributed by atoms with Crippen LogP contribution < -0.4 is 15.4 Å². The summed E-state index contributed by atoms with van der Waals surface area (Å²) in [5, 5.41) is 7.01. The SMILES string of the molecule is Fc1cccc(C2CC2NCC2CCNCC2)c1OCc1cccnc1F. The summed E-state index contributed by atoms with van der Waals surface area (Å²) in [6.45, 7) is 3.16. The first-order chi connectivity index (χ1) is 13.2. The fourth-order valence-electron chi connectivity index (χ4n) is 3.81. The van der Waals surface area contributed by atoms with E-state index in [9.17, 15) is 8.78 Å². The highest BCUT2D eigenvalue weighted by Crippen LogP contribution is 2.45. The van der Waals surface area contributed by atoms with Crippen molar-refractivity contribution in [2.24, 2.45) is 5.92 Å². The molecule has 4 nitrogen and oxygen atoms in total. The van der Waals surface area contributed by atoms with Gasteiger partial charge in [-0.25, -0.2) is 9.37 Å². The molecular formula is C21H25F2N3O. The van der Waals surface area contributed by atoms with E-state index in [0.717, 1.165) is 31.6 Å². The van der Waals surface area contributed by atoms with Crippen LogP contribution in [0.25, 0.3) is 0 Å². The number of halogens is 2. The van der Waals surface area contributed by atoms with Crippen molar-refractivity contribution in [3.05, 3.63) is 59.4 Å². The van der Waals surface area contributed by atoms with E-state index in [2.05, 4.69) is 15.6 Å². The molecular weight excluding hydrogens is 348 g/mol. The fraction of sp³-hybridized carbons (Fsp3) is 0.476. The highest BCUT2D eigenvalue weighted by molar-refractivity contribution is 5.42. The Morgan fingerprint density at radius 2 is 2.00 bits per heavy atom. The predicted molar refractivity (Wildman–Crippen MR) is 99.7 cm³/mol. The topological polar surface area (TPSA) is 46.2 Å². The summed E-state index contributed by atoms with van der Waals surface area (Å²) < 4.78 is 33.8. The molecule has 2 unspecified atom stereocenters. The third kappa shape index (κ3) is 4.45. The summed E-state index contributed by atoms with van der Waals surface area (Å²) in [5.41, 5.74) is 1.19. The molecule has 1 saturated carbocycles. The second-order valence-electron chi connectivity index (χ2n) is 7.45. The van der Waals surface area contributed by atoms with E-state index in [1.54, 1.807) is 18.2 Å². The first kappa shape index (κ1) is 18.3. The van der Waals surface area contributed by atoms with E-state index in [1.807, 2.05) is 6.07 Å². The van der Waals surface area contributed by atoms with Gasteiger partial charge in [0.25, 0.3) is 0 Å². The van der Waals surface area contributed by atoms with Crippen LogP contribution in [0.5, 0.6) is 5.75 Å². The van der Waals surface area contributed by atoms with Crippen LogP contribution in [0.3, 0.4) is 0 Å². The number of pyridine rings is 1. The van der Waals surface area contributed by atoms with Gasteiger partial charge in [-0.2, -0.15) is 4.39 Å². The fourth-order valence-corrected chi connectivity index (χ4v) is 3.81. The van der Waals surface area contributed by atoms with Gasteiger partial charge in [0.1, 0.15) is 6.61 Å². The average molecular weight is 373 g/mol. The minimum Gasteiger partial charge on any atom is -0.485 e. The first-order valence-corrected chi connectivity index (χ1v) is 9.67. The molecule has 2 aliphatic rings. The van der Waals surface area contributed by atoms with Gasteiger partial charge in [-0.05, 0) is 63.0 Å². The van der Waals surface area contributed by atoms with Crippen molar-refractivity contribution < 1.29 is 13.5 Å². The maximum atomic E-state index is 14.4. The van der Waals surface area contributed by atoms with Gasteiger partial charge in [0.05, 0.1) is 0 Å². The van der Waals surface area contributed by atoms with Crippen LogP contribution in [-0.2, 0) is 6.61 Å². The van der Waals surface area contributed by atoms with Crippen LogP contribution in [0.4, 0.5) is 8.78 Å². The summed E-state index contributed by atoms with van der Waals surface area (Å²) in [5.74, 6) is 0.210. The van der Waals surface area contributed by atoms with Crippen molar-refractivity contribution in [3.63, 3.8) is 0 Å². The summed E-state index contributed by atoms with van der Waals surface area (Å²) >= 11 is 0. The van der Waals surface area contributed by atoms with Crippen LogP contribution >= 0.6 is 0 Å². The van der Waals surface area contributed by atoms with Gasteiger partial charge in [-0.1, -0.05) is 12.1 Å². The highest BCUT2D eigenvalue weighted by Gasteiger charge is 2.40. The van der Waals surface area contributed by atoms with Gasteiger partial charge in [0.15, 0.2) is 11.6 Å². The maximum absolute atomic E-state index is 14.4. The van der Waals surface area contributed by atoms with E-state index in [4.69, 9.17) is 4.74 Å². The minimum atomic E-state index is -0.580.